The summed E-state index contributed by atoms with van der Waals surface area (Å²) < 4.78 is 0. The fourth-order valence-electron chi connectivity index (χ4n) is 2.42. The van der Waals surface area contributed by atoms with Crippen molar-refractivity contribution in [3.8, 4) is 0 Å². The highest BCUT2D eigenvalue weighted by atomic mass is 16.2. The number of fused-ring (bicyclic) bond motifs is 1. The Labute approximate surface area is 145 Å². The number of amides is 2. The molecule has 2 amide bonds. The lowest BCUT2D eigenvalue weighted by molar-refractivity contribution is 0.101. The van der Waals surface area contributed by atoms with E-state index in [2.05, 4.69) is 20.6 Å². The highest BCUT2D eigenvalue weighted by molar-refractivity contribution is 6.02. The van der Waals surface area contributed by atoms with E-state index in [0.29, 0.717) is 16.9 Å². The molecular formula is C19H18N4O2. The lowest BCUT2D eigenvalue weighted by Gasteiger charge is -2.09. The molecule has 25 heavy (non-hydrogen) atoms. The Morgan fingerprint density at radius 3 is 2.16 bits per heavy atom. The monoisotopic (exact) mass is 334 g/mol. The summed E-state index contributed by atoms with van der Waals surface area (Å²) in [6.45, 7) is 5.30. The van der Waals surface area contributed by atoms with Crippen LogP contribution in [0.25, 0.3) is 11.0 Å². The molecule has 3 rings (SSSR count). The molecule has 0 saturated carbocycles. The normalized spacial score (nSPS) is 10.5. The van der Waals surface area contributed by atoms with Crippen molar-refractivity contribution in [2.45, 2.75) is 20.8 Å². The van der Waals surface area contributed by atoms with Crippen LogP contribution in [-0.4, -0.2) is 21.8 Å². The average Bonchev–Trinajstić information content (AvgIpc) is 2.56. The van der Waals surface area contributed by atoms with Gasteiger partial charge in [0.25, 0.3) is 0 Å². The lowest BCUT2D eigenvalue weighted by atomic mass is 10.1. The number of aromatic nitrogens is 2. The molecule has 3 aromatic rings. The van der Waals surface area contributed by atoms with E-state index in [-0.39, 0.29) is 5.78 Å². The molecule has 0 aliphatic heterocycles. The summed E-state index contributed by atoms with van der Waals surface area (Å²) in [7, 11) is 0. The van der Waals surface area contributed by atoms with Gasteiger partial charge >= 0.3 is 6.03 Å². The van der Waals surface area contributed by atoms with Gasteiger partial charge in [-0.05, 0) is 51.1 Å². The minimum atomic E-state index is -0.392. The van der Waals surface area contributed by atoms with Crippen LogP contribution in [0.1, 0.15) is 28.7 Å². The van der Waals surface area contributed by atoms with Crippen LogP contribution in [0, 0.1) is 13.8 Å². The molecule has 6 heteroatoms. The van der Waals surface area contributed by atoms with E-state index in [1.165, 1.54) is 6.92 Å². The summed E-state index contributed by atoms with van der Waals surface area (Å²) in [5, 5.41) is 5.48. The number of aryl methyl sites for hydroxylation is 2. The van der Waals surface area contributed by atoms with Crippen molar-refractivity contribution in [3.05, 3.63) is 59.4 Å². The minimum Gasteiger partial charge on any atom is -0.308 e. The third-order valence-electron chi connectivity index (χ3n) is 3.86. The first-order valence-electron chi connectivity index (χ1n) is 7.86. The number of anilines is 2. The Morgan fingerprint density at radius 1 is 0.840 bits per heavy atom. The van der Waals surface area contributed by atoms with Gasteiger partial charge in [-0.15, -0.1) is 0 Å². The third kappa shape index (κ3) is 3.80. The smallest absolute Gasteiger partial charge is 0.308 e. The standard InChI is InChI=1S/C19H18N4O2/c1-11-12(2)21-18-10-16(7-8-17(18)20-11)23-19(25)22-15-6-4-5-14(9-15)13(3)24/h4-10H,1-3H3,(H2,22,23,25). The predicted octanol–water partition coefficient (Wildman–Crippen LogP) is 4.09. The zero-order valence-corrected chi connectivity index (χ0v) is 14.3. The quantitative estimate of drug-likeness (QED) is 0.707. The van der Waals surface area contributed by atoms with Gasteiger partial charge in [-0.1, -0.05) is 12.1 Å². The molecule has 0 aliphatic rings. The number of ketones is 1. The molecule has 2 aromatic carbocycles. The molecule has 1 aromatic heterocycles. The van der Waals surface area contributed by atoms with Gasteiger partial charge in [0.2, 0.25) is 0 Å². The van der Waals surface area contributed by atoms with Crippen molar-refractivity contribution in [3.63, 3.8) is 0 Å². The van der Waals surface area contributed by atoms with Gasteiger partial charge < -0.3 is 10.6 Å². The van der Waals surface area contributed by atoms with E-state index in [4.69, 9.17) is 0 Å². The maximum atomic E-state index is 12.2. The van der Waals surface area contributed by atoms with E-state index in [9.17, 15) is 9.59 Å². The first kappa shape index (κ1) is 16.6. The molecule has 0 atom stereocenters. The molecule has 2 N–H and O–H groups in total. The van der Waals surface area contributed by atoms with E-state index in [0.717, 1.165) is 22.4 Å². The highest BCUT2D eigenvalue weighted by Crippen LogP contribution is 2.18. The van der Waals surface area contributed by atoms with Crippen molar-refractivity contribution in [1.29, 1.82) is 0 Å². The number of carbonyl (C=O) groups is 2. The van der Waals surface area contributed by atoms with Gasteiger partial charge in [0.1, 0.15) is 0 Å². The van der Waals surface area contributed by atoms with Crippen LogP contribution in [0.4, 0.5) is 16.2 Å². The molecule has 0 spiro atoms. The Bertz CT molecular complexity index is 982. The van der Waals surface area contributed by atoms with Crippen molar-refractivity contribution in [1.82, 2.24) is 9.97 Å². The number of hydrogen-bond acceptors (Lipinski definition) is 4. The third-order valence-corrected chi connectivity index (χ3v) is 3.86. The topological polar surface area (TPSA) is 84.0 Å². The lowest BCUT2D eigenvalue weighted by Crippen LogP contribution is -2.19. The van der Waals surface area contributed by atoms with Gasteiger partial charge in [-0.3, -0.25) is 4.79 Å². The molecular weight excluding hydrogens is 316 g/mol. The van der Waals surface area contributed by atoms with Crippen molar-refractivity contribution in [2.24, 2.45) is 0 Å². The number of rotatable bonds is 3. The molecule has 0 fully saturated rings. The molecule has 0 aliphatic carbocycles. The first-order chi connectivity index (χ1) is 11.9. The number of Topliss-reactive ketones (excluding diaryl/α,β-unsaturated/α-hetero) is 1. The van der Waals surface area contributed by atoms with E-state index in [1.54, 1.807) is 36.4 Å². The Hall–Kier alpha value is -3.28. The minimum absolute atomic E-state index is 0.0529. The SMILES string of the molecule is CC(=O)c1cccc(NC(=O)Nc2ccc3nc(C)c(C)nc3c2)c1. The van der Waals surface area contributed by atoms with E-state index in [1.807, 2.05) is 19.9 Å². The number of carbonyl (C=O) groups excluding carboxylic acids is 2. The average molecular weight is 334 g/mol. The fourth-order valence-corrected chi connectivity index (χ4v) is 2.42. The Kier molecular flexibility index (Phi) is 4.43. The Balaban J connectivity index is 1.76. The summed E-state index contributed by atoms with van der Waals surface area (Å²) in [5.74, 6) is -0.0529. The van der Waals surface area contributed by atoms with E-state index < -0.39 is 6.03 Å². The number of nitrogens with zero attached hydrogens (tertiary/aromatic N) is 2. The number of benzene rings is 2. The van der Waals surface area contributed by atoms with Crippen LogP contribution in [0.2, 0.25) is 0 Å². The summed E-state index contributed by atoms with van der Waals surface area (Å²) in [5.41, 5.74) is 4.96. The van der Waals surface area contributed by atoms with Gasteiger partial charge in [0.15, 0.2) is 5.78 Å². The second-order valence-corrected chi connectivity index (χ2v) is 5.81. The van der Waals surface area contributed by atoms with Crippen LogP contribution >= 0.6 is 0 Å². The maximum Gasteiger partial charge on any atom is 0.323 e. The molecule has 1 heterocycles. The number of hydrogen-bond donors (Lipinski definition) is 2. The number of nitrogens with one attached hydrogen (secondary N) is 2. The van der Waals surface area contributed by atoms with Crippen LogP contribution < -0.4 is 10.6 Å². The van der Waals surface area contributed by atoms with Gasteiger partial charge in [-0.2, -0.15) is 0 Å². The molecule has 0 bridgehead atoms. The second-order valence-electron chi connectivity index (χ2n) is 5.81. The molecule has 6 nitrogen and oxygen atoms in total. The van der Waals surface area contributed by atoms with Crippen LogP contribution in [0.3, 0.4) is 0 Å². The maximum absolute atomic E-state index is 12.2. The summed E-state index contributed by atoms with van der Waals surface area (Å²) in [4.78, 5) is 32.5. The van der Waals surface area contributed by atoms with Gasteiger partial charge in [-0.25, -0.2) is 14.8 Å². The van der Waals surface area contributed by atoms with Crippen molar-refractivity contribution < 1.29 is 9.59 Å². The molecule has 126 valence electrons. The predicted molar refractivity (Wildman–Crippen MR) is 98.1 cm³/mol. The van der Waals surface area contributed by atoms with Crippen molar-refractivity contribution >= 4 is 34.2 Å². The Morgan fingerprint density at radius 2 is 1.48 bits per heavy atom. The van der Waals surface area contributed by atoms with Crippen molar-refractivity contribution in [2.75, 3.05) is 10.6 Å². The molecule has 0 saturated heterocycles. The van der Waals surface area contributed by atoms with Gasteiger partial charge in [0, 0.05) is 16.9 Å². The first-order valence-corrected chi connectivity index (χ1v) is 7.86. The summed E-state index contributed by atoms with van der Waals surface area (Å²) >= 11 is 0. The fraction of sp³-hybridized carbons (Fsp3) is 0.158. The van der Waals surface area contributed by atoms with Crippen LogP contribution in [0.5, 0.6) is 0 Å². The highest BCUT2D eigenvalue weighted by Gasteiger charge is 2.07. The van der Waals surface area contributed by atoms with Gasteiger partial charge in [0.05, 0.1) is 22.4 Å². The number of urea groups is 1. The summed E-state index contributed by atoms with van der Waals surface area (Å²) in [6.07, 6.45) is 0. The largest absolute Gasteiger partial charge is 0.323 e. The zero-order valence-electron chi connectivity index (χ0n) is 14.3. The molecule has 0 radical (unpaired) electrons. The summed E-state index contributed by atoms with van der Waals surface area (Å²) in [6, 6.07) is 11.8. The molecule has 0 unspecified atom stereocenters. The van der Waals surface area contributed by atoms with Crippen LogP contribution in [-0.2, 0) is 0 Å². The van der Waals surface area contributed by atoms with E-state index >= 15 is 0 Å². The second kappa shape index (κ2) is 6.68. The van der Waals surface area contributed by atoms with Crippen LogP contribution in [0.15, 0.2) is 42.5 Å². The zero-order chi connectivity index (χ0) is 18.0.